The van der Waals surface area contributed by atoms with Gasteiger partial charge in [-0.1, -0.05) is 42.5 Å². The number of methoxy groups -OCH3 is 1. The predicted molar refractivity (Wildman–Crippen MR) is 86.5 cm³/mol. The zero-order valence-electron chi connectivity index (χ0n) is 12.9. The van der Waals surface area contributed by atoms with Gasteiger partial charge in [0.05, 0.1) is 19.4 Å². The van der Waals surface area contributed by atoms with E-state index >= 15 is 0 Å². The highest BCUT2D eigenvalue weighted by Crippen LogP contribution is 2.15. The Morgan fingerprint density at radius 1 is 1.09 bits per heavy atom. The molecular weight excluding hydrogens is 294 g/mol. The van der Waals surface area contributed by atoms with Crippen LogP contribution in [-0.2, 0) is 16.0 Å². The fourth-order valence-corrected chi connectivity index (χ4v) is 2.24. The molecular formula is C18H19NO4. The van der Waals surface area contributed by atoms with Gasteiger partial charge in [-0.25, -0.2) is 0 Å². The molecule has 1 amide bonds. The Balaban J connectivity index is 1.92. The van der Waals surface area contributed by atoms with E-state index in [2.05, 4.69) is 5.32 Å². The Morgan fingerprint density at radius 2 is 1.74 bits per heavy atom. The van der Waals surface area contributed by atoms with Gasteiger partial charge in [-0.15, -0.1) is 0 Å². The van der Waals surface area contributed by atoms with E-state index in [4.69, 9.17) is 4.74 Å². The highest BCUT2D eigenvalue weighted by Gasteiger charge is 2.20. The van der Waals surface area contributed by atoms with Gasteiger partial charge in [-0.05, 0) is 23.3 Å². The van der Waals surface area contributed by atoms with Crippen molar-refractivity contribution < 1.29 is 19.4 Å². The molecule has 0 aliphatic rings. The number of aliphatic carboxylic acids is 1. The van der Waals surface area contributed by atoms with Crippen molar-refractivity contribution >= 4 is 11.9 Å². The third kappa shape index (κ3) is 4.85. The maximum Gasteiger partial charge on any atom is 0.312 e. The molecule has 0 bridgehead atoms. The van der Waals surface area contributed by atoms with Crippen molar-refractivity contribution in [3.05, 3.63) is 65.7 Å². The van der Waals surface area contributed by atoms with E-state index in [-0.39, 0.29) is 18.9 Å². The lowest BCUT2D eigenvalue weighted by atomic mass is 9.99. The minimum Gasteiger partial charge on any atom is -0.497 e. The van der Waals surface area contributed by atoms with E-state index in [9.17, 15) is 14.7 Å². The Bertz CT molecular complexity index is 652. The number of carboxylic acids is 1. The number of amides is 1. The highest BCUT2D eigenvalue weighted by molar-refractivity contribution is 5.81. The van der Waals surface area contributed by atoms with Crippen molar-refractivity contribution in [1.82, 2.24) is 5.32 Å². The van der Waals surface area contributed by atoms with Crippen molar-refractivity contribution in [1.29, 1.82) is 0 Å². The first kappa shape index (κ1) is 16.5. The molecule has 1 atom stereocenters. The standard InChI is InChI=1S/C18H19NO4/c1-23-15-9-7-13(8-10-15)11-17(20)19-12-16(18(21)22)14-5-3-2-4-6-14/h2-10,16H,11-12H2,1H3,(H,19,20)(H,21,22). The summed E-state index contributed by atoms with van der Waals surface area (Å²) in [6.07, 6.45) is 0.200. The van der Waals surface area contributed by atoms with Crippen molar-refractivity contribution in [2.45, 2.75) is 12.3 Å². The number of hydrogen-bond acceptors (Lipinski definition) is 3. The maximum absolute atomic E-state index is 12.0. The molecule has 2 rings (SSSR count). The minimum absolute atomic E-state index is 0.0638. The molecule has 23 heavy (non-hydrogen) atoms. The third-order valence-electron chi connectivity index (χ3n) is 3.53. The van der Waals surface area contributed by atoms with Crippen LogP contribution in [0.4, 0.5) is 0 Å². The monoisotopic (exact) mass is 313 g/mol. The summed E-state index contributed by atoms with van der Waals surface area (Å²) in [5, 5.41) is 12.0. The molecule has 5 heteroatoms. The van der Waals surface area contributed by atoms with Gasteiger partial charge in [0.2, 0.25) is 5.91 Å². The minimum atomic E-state index is -0.957. The fraction of sp³-hybridized carbons (Fsp3) is 0.222. The fourth-order valence-electron chi connectivity index (χ4n) is 2.24. The molecule has 0 aromatic heterocycles. The first-order valence-corrected chi connectivity index (χ1v) is 7.27. The highest BCUT2D eigenvalue weighted by atomic mass is 16.5. The van der Waals surface area contributed by atoms with Gasteiger partial charge >= 0.3 is 5.97 Å². The number of hydrogen-bond donors (Lipinski definition) is 2. The van der Waals surface area contributed by atoms with Crippen LogP contribution in [0.15, 0.2) is 54.6 Å². The van der Waals surface area contributed by atoms with Crippen LogP contribution in [0.1, 0.15) is 17.0 Å². The van der Waals surface area contributed by atoms with E-state index in [0.29, 0.717) is 5.56 Å². The van der Waals surface area contributed by atoms with Crippen LogP contribution < -0.4 is 10.1 Å². The topological polar surface area (TPSA) is 75.6 Å². The number of nitrogens with one attached hydrogen (secondary N) is 1. The van der Waals surface area contributed by atoms with Crippen LogP contribution in [0.2, 0.25) is 0 Å². The largest absolute Gasteiger partial charge is 0.497 e. The zero-order chi connectivity index (χ0) is 16.7. The van der Waals surface area contributed by atoms with E-state index in [1.165, 1.54) is 0 Å². The molecule has 0 aliphatic carbocycles. The third-order valence-corrected chi connectivity index (χ3v) is 3.53. The molecule has 0 heterocycles. The molecule has 120 valence electrons. The molecule has 2 aromatic rings. The van der Waals surface area contributed by atoms with Gasteiger partial charge in [0.15, 0.2) is 0 Å². The second-order valence-electron chi connectivity index (χ2n) is 5.13. The van der Waals surface area contributed by atoms with Gasteiger partial charge in [0, 0.05) is 6.54 Å². The van der Waals surface area contributed by atoms with E-state index < -0.39 is 11.9 Å². The Hall–Kier alpha value is -2.82. The number of carboxylic acid groups (broad SMARTS) is 1. The lowest BCUT2D eigenvalue weighted by molar-refractivity contribution is -0.138. The van der Waals surface area contributed by atoms with Gasteiger partial charge < -0.3 is 15.2 Å². The van der Waals surface area contributed by atoms with Crippen LogP contribution in [-0.4, -0.2) is 30.6 Å². The molecule has 0 spiro atoms. The summed E-state index contributed by atoms with van der Waals surface area (Å²) >= 11 is 0. The summed E-state index contributed by atoms with van der Waals surface area (Å²) in [5.41, 5.74) is 1.51. The molecule has 0 saturated carbocycles. The van der Waals surface area contributed by atoms with E-state index in [1.807, 2.05) is 18.2 Å². The summed E-state index contributed by atoms with van der Waals surface area (Å²) in [7, 11) is 1.58. The summed E-state index contributed by atoms with van der Waals surface area (Å²) in [4.78, 5) is 23.4. The zero-order valence-corrected chi connectivity index (χ0v) is 12.9. The Kier molecular flexibility index (Phi) is 5.74. The predicted octanol–water partition coefficient (Wildman–Crippen LogP) is 2.22. The van der Waals surface area contributed by atoms with Crippen molar-refractivity contribution in [2.75, 3.05) is 13.7 Å². The van der Waals surface area contributed by atoms with Crippen LogP contribution in [0, 0.1) is 0 Å². The van der Waals surface area contributed by atoms with Gasteiger partial charge in [-0.2, -0.15) is 0 Å². The number of rotatable bonds is 7. The van der Waals surface area contributed by atoms with Crippen molar-refractivity contribution in [2.24, 2.45) is 0 Å². The number of carbonyl (C=O) groups is 2. The lowest BCUT2D eigenvalue weighted by Gasteiger charge is -2.14. The molecule has 2 aromatic carbocycles. The van der Waals surface area contributed by atoms with Crippen LogP contribution in [0.3, 0.4) is 0 Å². The number of ether oxygens (including phenoxy) is 1. The average molecular weight is 313 g/mol. The van der Waals surface area contributed by atoms with Crippen LogP contribution in [0.5, 0.6) is 5.75 Å². The van der Waals surface area contributed by atoms with Crippen molar-refractivity contribution in [3.63, 3.8) is 0 Å². The van der Waals surface area contributed by atoms with Gasteiger partial charge in [0.1, 0.15) is 5.75 Å². The Labute approximate surface area is 134 Å². The number of benzene rings is 2. The first-order chi connectivity index (χ1) is 11.1. The Morgan fingerprint density at radius 3 is 2.30 bits per heavy atom. The second kappa shape index (κ2) is 7.98. The second-order valence-corrected chi connectivity index (χ2v) is 5.13. The van der Waals surface area contributed by atoms with Crippen LogP contribution >= 0.6 is 0 Å². The molecule has 0 radical (unpaired) electrons. The quantitative estimate of drug-likeness (QED) is 0.822. The summed E-state index contributed by atoms with van der Waals surface area (Å²) in [6, 6.07) is 16.1. The van der Waals surface area contributed by atoms with Crippen LogP contribution in [0.25, 0.3) is 0 Å². The van der Waals surface area contributed by atoms with Crippen molar-refractivity contribution in [3.8, 4) is 5.75 Å². The molecule has 2 N–H and O–H groups in total. The normalized spacial score (nSPS) is 11.5. The van der Waals surface area contributed by atoms with E-state index in [1.54, 1.807) is 43.5 Å². The molecule has 0 saturated heterocycles. The smallest absolute Gasteiger partial charge is 0.312 e. The summed E-state index contributed by atoms with van der Waals surface area (Å²) in [6.45, 7) is 0.0638. The summed E-state index contributed by atoms with van der Waals surface area (Å²) < 4.78 is 5.06. The SMILES string of the molecule is COc1ccc(CC(=O)NCC(C(=O)O)c2ccccc2)cc1. The first-order valence-electron chi connectivity index (χ1n) is 7.27. The molecule has 0 fully saturated rings. The van der Waals surface area contributed by atoms with E-state index in [0.717, 1.165) is 11.3 Å². The lowest BCUT2D eigenvalue weighted by Crippen LogP contribution is -2.32. The van der Waals surface area contributed by atoms with Gasteiger partial charge in [0.25, 0.3) is 0 Å². The average Bonchev–Trinajstić information content (AvgIpc) is 2.56. The molecule has 0 aliphatic heterocycles. The molecule has 1 unspecified atom stereocenters. The number of carbonyl (C=O) groups excluding carboxylic acids is 1. The molecule has 5 nitrogen and oxygen atoms in total. The summed E-state index contributed by atoms with van der Waals surface area (Å²) in [5.74, 6) is -1.20. The maximum atomic E-state index is 12.0. The van der Waals surface area contributed by atoms with Gasteiger partial charge in [-0.3, -0.25) is 9.59 Å².